The highest BCUT2D eigenvalue weighted by atomic mass is 19.4. The number of alkyl halides is 6. The normalized spacial score (nSPS) is 12.2. The summed E-state index contributed by atoms with van der Waals surface area (Å²) in [5.41, 5.74) is -3.76. The van der Waals surface area contributed by atoms with Gasteiger partial charge < -0.3 is 5.32 Å². The summed E-state index contributed by atoms with van der Waals surface area (Å²) in [5.74, 6) is -0.857. The molecule has 4 aromatic rings. The Morgan fingerprint density at radius 1 is 0.700 bits per heavy atom. The van der Waals surface area contributed by atoms with E-state index in [1.807, 2.05) is 0 Å². The molecule has 0 aliphatic carbocycles. The van der Waals surface area contributed by atoms with Crippen molar-refractivity contribution in [3.63, 3.8) is 0 Å². The minimum atomic E-state index is -4.76. The van der Waals surface area contributed by atoms with Crippen LogP contribution in [0, 0.1) is 0 Å². The highest BCUT2D eigenvalue weighted by Crippen LogP contribution is 2.40. The Hall–Kier alpha value is -4.60. The number of halogens is 6. The molecular weight excluding hydrogens is 534 g/mol. The Morgan fingerprint density at radius 2 is 1.18 bits per heavy atom. The van der Waals surface area contributed by atoms with Crippen molar-refractivity contribution in [2.45, 2.75) is 24.3 Å². The summed E-state index contributed by atoms with van der Waals surface area (Å²) in [4.78, 5) is 13.8. The van der Waals surface area contributed by atoms with Crippen LogP contribution >= 0.6 is 0 Å². The lowest BCUT2D eigenvalue weighted by Gasteiger charge is -2.37. The van der Waals surface area contributed by atoms with Gasteiger partial charge in [0.2, 0.25) is 0 Å². The molecule has 0 atom stereocenters. The number of rotatable bonds is 7. The Labute approximate surface area is 225 Å². The molecule has 0 unspecified atom stereocenters. The van der Waals surface area contributed by atoms with Crippen LogP contribution in [0.25, 0.3) is 0 Å². The lowest BCUT2D eigenvalue weighted by molar-refractivity contribution is -0.706. The molecule has 0 saturated carbocycles. The van der Waals surface area contributed by atoms with E-state index >= 15 is 0 Å². The SMILES string of the molecule is C=[N+](O)c1ccccc1C(=O)NC(Cc1ccccc1)(c1cccc(C(F)(F)F)c1)c1cccc(C(F)(F)F)c1. The van der Waals surface area contributed by atoms with Gasteiger partial charge in [0, 0.05) is 17.2 Å². The van der Waals surface area contributed by atoms with Gasteiger partial charge >= 0.3 is 12.4 Å². The van der Waals surface area contributed by atoms with Gasteiger partial charge in [-0.25, -0.2) is 0 Å². The average molecular weight is 558 g/mol. The second kappa shape index (κ2) is 10.9. The van der Waals surface area contributed by atoms with E-state index in [2.05, 4.69) is 12.0 Å². The minimum absolute atomic E-state index is 0.0262. The maximum atomic E-state index is 13.8. The number of benzene rings is 4. The van der Waals surface area contributed by atoms with Gasteiger partial charge in [0.1, 0.15) is 5.56 Å². The first-order valence-electron chi connectivity index (χ1n) is 11.9. The quantitative estimate of drug-likeness (QED) is 0.0820. The highest BCUT2D eigenvalue weighted by molar-refractivity contribution is 5.99. The second-order valence-electron chi connectivity index (χ2n) is 9.10. The van der Waals surface area contributed by atoms with Crippen LogP contribution in [-0.4, -0.2) is 22.6 Å². The highest BCUT2D eigenvalue weighted by Gasteiger charge is 2.41. The Kier molecular flexibility index (Phi) is 7.72. The third-order valence-corrected chi connectivity index (χ3v) is 6.43. The lowest BCUT2D eigenvalue weighted by atomic mass is 9.76. The van der Waals surface area contributed by atoms with E-state index in [4.69, 9.17) is 0 Å². The molecule has 4 rings (SSSR count). The predicted molar refractivity (Wildman–Crippen MR) is 137 cm³/mol. The summed E-state index contributed by atoms with van der Waals surface area (Å²) in [6, 6.07) is 22.3. The summed E-state index contributed by atoms with van der Waals surface area (Å²) in [6.07, 6.45) is -9.72. The summed E-state index contributed by atoms with van der Waals surface area (Å²) in [6.45, 7) is 3.37. The van der Waals surface area contributed by atoms with Gasteiger partial charge in [0.25, 0.3) is 11.6 Å². The van der Waals surface area contributed by atoms with Crippen molar-refractivity contribution in [3.05, 3.63) is 137 Å². The first kappa shape index (κ1) is 28.4. The summed E-state index contributed by atoms with van der Waals surface area (Å²) in [5, 5.41) is 12.7. The molecule has 206 valence electrons. The fourth-order valence-electron chi connectivity index (χ4n) is 4.54. The monoisotopic (exact) mass is 557 g/mol. The average Bonchev–Trinajstić information content (AvgIpc) is 2.92. The largest absolute Gasteiger partial charge is 0.416 e. The molecule has 0 aromatic heterocycles. The number of para-hydroxylation sites is 1. The van der Waals surface area contributed by atoms with Crippen molar-refractivity contribution in [1.82, 2.24) is 5.32 Å². The Morgan fingerprint density at radius 3 is 1.68 bits per heavy atom. The van der Waals surface area contributed by atoms with Gasteiger partial charge in [-0.1, -0.05) is 66.7 Å². The van der Waals surface area contributed by atoms with Crippen molar-refractivity contribution in [1.29, 1.82) is 0 Å². The van der Waals surface area contributed by atoms with E-state index in [0.717, 1.165) is 36.4 Å². The topological polar surface area (TPSA) is 52.3 Å². The Bertz CT molecular complexity index is 1470. The van der Waals surface area contributed by atoms with Crippen LogP contribution in [-0.2, 0) is 24.3 Å². The van der Waals surface area contributed by atoms with Crippen molar-refractivity contribution in [2.24, 2.45) is 0 Å². The number of hydrogen-bond acceptors (Lipinski definition) is 2. The minimum Gasteiger partial charge on any atom is -0.338 e. The first-order valence-corrected chi connectivity index (χ1v) is 11.9. The summed E-state index contributed by atoms with van der Waals surface area (Å²) < 4.78 is 83.2. The summed E-state index contributed by atoms with van der Waals surface area (Å²) >= 11 is 0. The predicted octanol–water partition coefficient (Wildman–Crippen LogP) is 7.37. The molecule has 0 bridgehead atoms. The molecule has 10 heteroatoms. The third-order valence-electron chi connectivity index (χ3n) is 6.43. The number of amides is 1. The van der Waals surface area contributed by atoms with Gasteiger partial charge in [0.15, 0.2) is 6.72 Å². The van der Waals surface area contributed by atoms with Crippen LogP contribution in [0.2, 0.25) is 0 Å². The number of carbonyl (C=O) groups excluding carboxylic acids is 1. The van der Waals surface area contributed by atoms with Crippen LogP contribution in [0.3, 0.4) is 0 Å². The molecule has 4 nitrogen and oxygen atoms in total. The smallest absolute Gasteiger partial charge is 0.338 e. The maximum Gasteiger partial charge on any atom is 0.416 e. The van der Waals surface area contributed by atoms with E-state index in [1.54, 1.807) is 30.3 Å². The molecule has 1 amide bonds. The van der Waals surface area contributed by atoms with Crippen LogP contribution in [0.1, 0.15) is 38.2 Å². The molecule has 0 heterocycles. The summed E-state index contributed by atoms with van der Waals surface area (Å²) in [7, 11) is 0. The van der Waals surface area contributed by atoms with Crippen LogP contribution in [0.5, 0.6) is 0 Å². The fraction of sp³-hybridized carbons (Fsp3) is 0.133. The standard InChI is InChI=1S/C30H22F6N2O2/c1-38(40)26-16-6-5-15-25(26)27(39)37-28(19-20-9-3-2-4-10-20,21-11-7-13-23(17-21)29(31,32)33)22-12-8-14-24(18-22)30(34,35)36/h2-18H,1,19H2,(H-,37,39,40)/p+1. The zero-order valence-electron chi connectivity index (χ0n) is 20.8. The van der Waals surface area contributed by atoms with Gasteiger partial charge in [-0.05, 0) is 47.0 Å². The number of nitrogens with zero attached hydrogens (tertiary/aromatic N) is 1. The molecular formula is C30H23F6N2O2+. The van der Waals surface area contributed by atoms with E-state index in [-0.39, 0.29) is 28.8 Å². The van der Waals surface area contributed by atoms with Gasteiger partial charge in [-0.15, -0.1) is 0 Å². The van der Waals surface area contributed by atoms with Crippen molar-refractivity contribution in [2.75, 3.05) is 0 Å². The molecule has 0 saturated heterocycles. The fourth-order valence-corrected chi connectivity index (χ4v) is 4.54. The molecule has 4 aromatic carbocycles. The van der Waals surface area contributed by atoms with E-state index in [9.17, 15) is 36.3 Å². The van der Waals surface area contributed by atoms with Gasteiger partial charge in [0.05, 0.1) is 16.7 Å². The second-order valence-corrected chi connectivity index (χ2v) is 9.10. The van der Waals surface area contributed by atoms with Crippen molar-refractivity contribution >= 4 is 18.3 Å². The van der Waals surface area contributed by atoms with Crippen LogP contribution in [0.4, 0.5) is 32.0 Å². The number of nitrogens with one attached hydrogen (secondary N) is 1. The zero-order chi connectivity index (χ0) is 29.1. The van der Waals surface area contributed by atoms with Crippen LogP contribution < -0.4 is 5.32 Å². The Balaban J connectivity index is 2.03. The van der Waals surface area contributed by atoms with Crippen molar-refractivity contribution in [3.8, 4) is 0 Å². The molecule has 0 aliphatic heterocycles. The molecule has 0 fully saturated rings. The van der Waals surface area contributed by atoms with E-state index in [1.165, 1.54) is 36.4 Å². The third kappa shape index (κ3) is 6.01. The molecule has 40 heavy (non-hydrogen) atoms. The number of hydrogen-bond donors (Lipinski definition) is 2. The van der Waals surface area contributed by atoms with Gasteiger partial charge in [-0.2, -0.15) is 26.3 Å². The molecule has 0 radical (unpaired) electrons. The first-order chi connectivity index (χ1) is 18.8. The molecule has 0 spiro atoms. The molecule has 0 aliphatic rings. The van der Waals surface area contributed by atoms with Crippen LogP contribution in [0.15, 0.2) is 103 Å². The maximum absolute atomic E-state index is 13.8. The van der Waals surface area contributed by atoms with E-state index < -0.39 is 34.9 Å². The molecule has 2 N–H and O–H groups in total. The lowest BCUT2D eigenvalue weighted by Crippen LogP contribution is -2.49. The van der Waals surface area contributed by atoms with E-state index in [0.29, 0.717) is 10.3 Å². The number of carbonyl (C=O) groups is 1. The van der Waals surface area contributed by atoms with Gasteiger partial charge in [-0.3, -0.25) is 10.0 Å². The van der Waals surface area contributed by atoms with Crippen molar-refractivity contribution < 1.29 is 41.1 Å². The zero-order valence-corrected chi connectivity index (χ0v) is 20.8.